The van der Waals surface area contributed by atoms with Crippen LogP contribution >= 0.6 is 0 Å². The summed E-state index contributed by atoms with van der Waals surface area (Å²) < 4.78 is 0. The Morgan fingerprint density at radius 2 is 0.591 bits per heavy atom. The van der Waals surface area contributed by atoms with Gasteiger partial charge in [0, 0.05) is 78.5 Å². The van der Waals surface area contributed by atoms with E-state index in [4.69, 9.17) is 11.5 Å². The van der Waals surface area contributed by atoms with Crippen molar-refractivity contribution in [2.75, 3.05) is 78.5 Å². The van der Waals surface area contributed by atoms with Gasteiger partial charge >= 0.3 is 0 Å². The van der Waals surface area contributed by atoms with Gasteiger partial charge in [-0.15, -0.1) is 0 Å². The third kappa shape index (κ3) is 6.43. The van der Waals surface area contributed by atoms with Crippen LogP contribution in [0.5, 0.6) is 0 Å². The summed E-state index contributed by atoms with van der Waals surface area (Å²) in [6, 6.07) is 0. The number of rotatable bonds is 0. The molecule has 3 saturated heterocycles. The van der Waals surface area contributed by atoms with Gasteiger partial charge in [-0.05, 0) is 0 Å². The molecule has 8 heteroatoms. The maximum atomic E-state index is 6.55. The Balaban J connectivity index is 2.03. The molecule has 0 spiro atoms. The summed E-state index contributed by atoms with van der Waals surface area (Å²) in [5.74, 6) is 0. The maximum absolute atomic E-state index is 6.55. The Labute approximate surface area is 133 Å². The molecule has 0 unspecified atom stereocenters. The molecule has 0 saturated carbocycles. The van der Waals surface area contributed by atoms with Crippen molar-refractivity contribution in [3.8, 4) is 0 Å². The van der Waals surface area contributed by atoms with Gasteiger partial charge in [0.25, 0.3) is 0 Å². The third-order valence-electron chi connectivity index (χ3n) is 4.30. The van der Waals surface area contributed by atoms with Crippen LogP contribution in [-0.2, 0) is 0 Å². The first-order valence-corrected chi connectivity index (χ1v) is 8.44. The number of hydrogen-bond donors (Lipinski definition) is 8. The minimum Gasteiger partial charge on any atom is -0.322 e. The summed E-state index contributed by atoms with van der Waals surface area (Å²) in [6.45, 7) is 10.2. The minimum atomic E-state index is -0.272. The molecule has 0 radical (unpaired) electrons. The molecule has 8 nitrogen and oxygen atoms in total. The Morgan fingerprint density at radius 1 is 0.409 bits per heavy atom. The van der Waals surface area contributed by atoms with Gasteiger partial charge in [0.1, 0.15) is 0 Å². The van der Waals surface area contributed by atoms with Crippen LogP contribution in [0.15, 0.2) is 0 Å². The Hall–Kier alpha value is -0.320. The largest absolute Gasteiger partial charge is 0.322 e. The monoisotopic (exact) mass is 314 g/mol. The highest BCUT2D eigenvalue weighted by Gasteiger charge is 2.26. The van der Waals surface area contributed by atoms with E-state index in [1.807, 2.05) is 0 Å². The van der Waals surface area contributed by atoms with E-state index in [9.17, 15) is 0 Å². The van der Waals surface area contributed by atoms with Crippen LogP contribution in [0.4, 0.5) is 0 Å². The zero-order valence-corrected chi connectivity index (χ0v) is 13.6. The summed E-state index contributed by atoms with van der Waals surface area (Å²) in [4.78, 5) is 0. The van der Waals surface area contributed by atoms with Gasteiger partial charge < -0.3 is 43.4 Å². The fraction of sp³-hybridized carbons (Fsp3) is 1.00. The first-order chi connectivity index (χ1) is 10.6. The molecule has 3 aliphatic heterocycles. The van der Waals surface area contributed by atoms with Crippen molar-refractivity contribution >= 4 is 0 Å². The van der Waals surface area contributed by atoms with Crippen LogP contribution in [0.3, 0.4) is 0 Å². The standard InChI is InChI=1S/C14H34N8/c15-13-7-17-1-2-18-8-14(16,11-21-5-3-19-9-13)12-22-6-4-20-10-13/h17-22H,1-12,15-16H2/t13-,14+. The second-order valence-corrected chi connectivity index (χ2v) is 6.79. The molecule has 0 aromatic rings. The summed E-state index contributed by atoms with van der Waals surface area (Å²) in [6.07, 6.45) is 0. The van der Waals surface area contributed by atoms with Crippen LogP contribution in [0.1, 0.15) is 0 Å². The van der Waals surface area contributed by atoms with Crippen LogP contribution < -0.4 is 43.4 Å². The first kappa shape index (κ1) is 18.0. The van der Waals surface area contributed by atoms with Gasteiger partial charge in [0.2, 0.25) is 0 Å². The molecule has 3 rings (SSSR count). The number of nitrogens with two attached hydrogens (primary N) is 2. The lowest BCUT2D eigenvalue weighted by Gasteiger charge is -2.34. The quantitative estimate of drug-likeness (QED) is 0.227. The highest BCUT2D eigenvalue weighted by Crippen LogP contribution is 1.99. The summed E-state index contributed by atoms with van der Waals surface area (Å²) in [5.41, 5.74) is 12.6. The van der Waals surface area contributed by atoms with E-state index in [2.05, 4.69) is 31.9 Å². The molecule has 0 amide bonds. The zero-order chi connectivity index (χ0) is 15.7. The molecule has 3 aliphatic rings. The molecule has 3 heterocycles. The van der Waals surface area contributed by atoms with Crippen molar-refractivity contribution in [3.63, 3.8) is 0 Å². The predicted octanol–water partition coefficient (Wildman–Crippen LogP) is -4.05. The number of fused-ring (bicyclic) bond motifs is 15. The van der Waals surface area contributed by atoms with Crippen LogP contribution in [0.25, 0.3) is 0 Å². The third-order valence-corrected chi connectivity index (χ3v) is 4.30. The van der Waals surface area contributed by atoms with Crippen molar-refractivity contribution in [2.24, 2.45) is 11.5 Å². The van der Waals surface area contributed by atoms with Crippen molar-refractivity contribution in [2.45, 2.75) is 11.1 Å². The minimum absolute atomic E-state index is 0.272. The van der Waals surface area contributed by atoms with Crippen LogP contribution in [0.2, 0.25) is 0 Å². The second kappa shape index (κ2) is 9.09. The van der Waals surface area contributed by atoms with Crippen molar-refractivity contribution in [3.05, 3.63) is 0 Å². The van der Waals surface area contributed by atoms with Gasteiger partial charge in [0.15, 0.2) is 0 Å². The van der Waals surface area contributed by atoms with Crippen LogP contribution in [0, 0.1) is 0 Å². The van der Waals surface area contributed by atoms with Crippen molar-refractivity contribution in [1.82, 2.24) is 31.9 Å². The van der Waals surface area contributed by atoms with E-state index < -0.39 is 0 Å². The molecule has 22 heavy (non-hydrogen) atoms. The van der Waals surface area contributed by atoms with Crippen LogP contribution in [-0.4, -0.2) is 89.6 Å². The average Bonchev–Trinajstić information content (AvgIpc) is 2.49. The highest BCUT2D eigenvalue weighted by atomic mass is 15.1. The lowest BCUT2D eigenvalue weighted by Crippen LogP contribution is -2.65. The van der Waals surface area contributed by atoms with E-state index in [0.717, 1.165) is 78.5 Å². The van der Waals surface area contributed by atoms with Gasteiger partial charge in [-0.25, -0.2) is 0 Å². The Morgan fingerprint density at radius 3 is 0.773 bits per heavy atom. The lowest BCUT2D eigenvalue weighted by atomic mass is 9.99. The molecule has 130 valence electrons. The van der Waals surface area contributed by atoms with E-state index in [1.54, 1.807) is 0 Å². The molecule has 10 N–H and O–H groups in total. The second-order valence-electron chi connectivity index (χ2n) is 6.79. The maximum Gasteiger partial charge on any atom is 0.0533 e. The van der Waals surface area contributed by atoms with E-state index >= 15 is 0 Å². The normalized spacial score (nSPS) is 37.4. The molecule has 0 aliphatic carbocycles. The van der Waals surface area contributed by atoms with E-state index in [1.165, 1.54) is 0 Å². The lowest BCUT2D eigenvalue weighted by molar-refractivity contribution is 0.317. The molecule has 3 fully saturated rings. The summed E-state index contributed by atoms with van der Waals surface area (Å²) >= 11 is 0. The van der Waals surface area contributed by atoms with Crippen molar-refractivity contribution in [1.29, 1.82) is 0 Å². The topological polar surface area (TPSA) is 124 Å². The zero-order valence-electron chi connectivity index (χ0n) is 13.6. The highest BCUT2D eigenvalue weighted by molar-refractivity contribution is 4.94. The SMILES string of the molecule is N[C@]12CNCCNC[C@](N)(CNCCNC1)CNCCNC2. The first-order valence-electron chi connectivity index (χ1n) is 8.44. The molecule has 0 atom stereocenters. The van der Waals surface area contributed by atoms with E-state index in [0.29, 0.717) is 0 Å². The smallest absolute Gasteiger partial charge is 0.0533 e. The van der Waals surface area contributed by atoms with Gasteiger partial charge in [0.05, 0.1) is 11.1 Å². The van der Waals surface area contributed by atoms with Gasteiger partial charge in [-0.1, -0.05) is 0 Å². The van der Waals surface area contributed by atoms with Crippen molar-refractivity contribution < 1.29 is 0 Å². The molecule has 2 bridgehead atoms. The number of hydrogen-bond acceptors (Lipinski definition) is 8. The molecule has 0 aromatic carbocycles. The molecule has 0 aromatic heterocycles. The molecular formula is C14H34N8. The van der Waals surface area contributed by atoms with Gasteiger partial charge in [-0.3, -0.25) is 0 Å². The number of nitrogens with one attached hydrogen (secondary N) is 6. The van der Waals surface area contributed by atoms with Gasteiger partial charge in [-0.2, -0.15) is 0 Å². The fourth-order valence-electron chi connectivity index (χ4n) is 2.93. The molecular weight excluding hydrogens is 280 g/mol. The Kier molecular flexibility index (Phi) is 7.45. The summed E-state index contributed by atoms with van der Waals surface area (Å²) in [5, 5.41) is 20.8. The fourth-order valence-corrected chi connectivity index (χ4v) is 2.93. The summed E-state index contributed by atoms with van der Waals surface area (Å²) in [7, 11) is 0. The average molecular weight is 314 g/mol. The Bertz CT molecular complexity index is 238. The predicted molar refractivity (Wildman–Crippen MR) is 91.1 cm³/mol. The van der Waals surface area contributed by atoms with E-state index in [-0.39, 0.29) is 11.1 Å².